The lowest BCUT2D eigenvalue weighted by molar-refractivity contribution is 1.00. The minimum atomic E-state index is 0.534. The van der Waals surface area contributed by atoms with Gasteiger partial charge in [0.1, 0.15) is 5.82 Å². The average Bonchev–Trinajstić information content (AvgIpc) is 2.33. The van der Waals surface area contributed by atoms with Crippen LogP contribution in [0.3, 0.4) is 0 Å². The summed E-state index contributed by atoms with van der Waals surface area (Å²) in [5.74, 6) is 0.658. The van der Waals surface area contributed by atoms with Gasteiger partial charge in [-0.25, -0.2) is 4.98 Å². The van der Waals surface area contributed by atoms with Crippen LogP contribution in [0.25, 0.3) is 0 Å². The zero-order valence-electron chi connectivity index (χ0n) is 9.03. The maximum absolute atomic E-state index is 5.99. The maximum Gasteiger partial charge on any atom is 0.144 e. The Balaban J connectivity index is 1.90. The van der Waals surface area contributed by atoms with Gasteiger partial charge in [-0.3, -0.25) is 4.98 Å². The molecular weight excluding hydrogens is 257 g/mol. The third-order valence-electron chi connectivity index (χ3n) is 2.26. The van der Waals surface area contributed by atoms with Gasteiger partial charge in [0.25, 0.3) is 0 Å². The van der Waals surface area contributed by atoms with E-state index in [4.69, 9.17) is 23.2 Å². The first-order valence-electron chi connectivity index (χ1n) is 5.19. The van der Waals surface area contributed by atoms with Gasteiger partial charge in [0.15, 0.2) is 0 Å². The number of nitrogens with zero attached hydrogens (tertiary/aromatic N) is 2. The highest BCUT2D eigenvalue weighted by atomic mass is 35.5. The number of nitrogens with one attached hydrogen (secondary N) is 1. The lowest BCUT2D eigenvalue weighted by atomic mass is 10.2. The highest BCUT2D eigenvalue weighted by Crippen LogP contribution is 2.22. The summed E-state index contributed by atoms with van der Waals surface area (Å²) in [6.07, 6.45) is 6.02. The molecule has 5 heteroatoms. The van der Waals surface area contributed by atoms with Crippen LogP contribution in [0, 0.1) is 0 Å². The molecule has 17 heavy (non-hydrogen) atoms. The monoisotopic (exact) mass is 267 g/mol. The van der Waals surface area contributed by atoms with E-state index in [0.717, 1.165) is 13.0 Å². The zero-order chi connectivity index (χ0) is 12.1. The van der Waals surface area contributed by atoms with Crippen LogP contribution in [0.5, 0.6) is 0 Å². The SMILES string of the molecule is Clc1cnc(NCCc2ccncc2)c(Cl)c1. The third-order valence-corrected chi connectivity index (χ3v) is 2.76. The molecule has 0 radical (unpaired) electrons. The molecule has 0 atom stereocenters. The molecule has 0 saturated heterocycles. The van der Waals surface area contributed by atoms with Crippen molar-refractivity contribution in [3.8, 4) is 0 Å². The highest BCUT2D eigenvalue weighted by molar-refractivity contribution is 6.35. The van der Waals surface area contributed by atoms with Crippen molar-refractivity contribution in [2.24, 2.45) is 0 Å². The molecule has 0 aromatic carbocycles. The molecule has 0 fully saturated rings. The van der Waals surface area contributed by atoms with Crippen LogP contribution >= 0.6 is 23.2 Å². The Bertz CT molecular complexity index is 488. The summed E-state index contributed by atoms with van der Waals surface area (Å²) < 4.78 is 0. The van der Waals surface area contributed by atoms with Crippen molar-refractivity contribution in [1.82, 2.24) is 9.97 Å². The predicted octanol–water partition coefficient (Wildman–Crippen LogP) is 3.44. The number of pyridine rings is 2. The molecule has 3 nitrogen and oxygen atoms in total. The second-order valence-corrected chi connectivity index (χ2v) is 4.36. The molecule has 0 aliphatic rings. The summed E-state index contributed by atoms with van der Waals surface area (Å²) in [5, 5.41) is 4.24. The molecule has 2 aromatic heterocycles. The van der Waals surface area contributed by atoms with Crippen molar-refractivity contribution in [3.63, 3.8) is 0 Å². The Morgan fingerprint density at radius 2 is 1.94 bits per heavy atom. The van der Waals surface area contributed by atoms with Gasteiger partial charge >= 0.3 is 0 Å². The van der Waals surface area contributed by atoms with E-state index in [9.17, 15) is 0 Å². The highest BCUT2D eigenvalue weighted by Gasteiger charge is 2.01. The van der Waals surface area contributed by atoms with Crippen LogP contribution < -0.4 is 5.32 Å². The van der Waals surface area contributed by atoms with E-state index in [1.807, 2.05) is 12.1 Å². The van der Waals surface area contributed by atoms with Gasteiger partial charge in [-0.2, -0.15) is 0 Å². The van der Waals surface area contributed by atoms with Gasteiger partial charge in [0.2, 0.25) is 0 Å². The number of hydrogen-bond acceptors (Lipinski definition) is 3. The molecular formula is C12H11Cl2N3. The van der Waals surface area contributed by atoms with Gasteiger partial charge in [-0.15, -0.1) is 0 Å². The van der Waals surface area contributed by atoms with E-state index in [1.165, 1.54) is 5.56 Å². The van der Waals surface area contributed by atoms with Crippen molar-refractivity contribution >= 4 is 29.0 Å². The summed E-state index contributed by atoms with van der Waals surface area (Å²) in [6.45, 7) is 0.762. The van der Waals surface area contributed by atoms with Crippen LogP contribution in [-0.2, 0) is 6.42 Å². The lowest BCUT2D eigenvalue weighted by Crippen LogP contribution is -2.06. The van der Waals surface area contributed by atoms with Gasteiger partial charge in [0.05, 0.1) is 10.0 Å². The van der Waals surface area contributed by atoms with Crippen LogP contribution in [0.1, 0.15) is 5.56 Å². The minimum absolute atomic E-state index is 0.534. The summed E-state index contributed by atoms with van der Waals surface area (Å²) in [4.78, 5) is 8.09. The van der Waals surface area contributed by atoms with E-state index in [-0.39, 0.29) is 0 Å². The molecule has 0 unspecified atom stereocenters. The fraction of sp³-hybridized carbons (Fsp3) is 0.167. The number of hydrogen-bond donors (Lipinski definition) is 1. The average molecular weight is 268 g/mol. The molecule has 2 aromatic rings. The normalized spacial score (nSPS) is 10.2. The summed E-state index contributed by atoms with van der Waals surface area (Å²) in [6, 6.07) is 5.64. The van der Waals surface area contributed by atoms with Crippen LogP contribution in [0.2, 0.25) is 10.0 Å². The lowest BCUT2D eigenvalue weighted by Gasteiger charge is -2.07. The number of halogens is 2. The van der Waals surface area contributed by atoms with Crippen molar-refractivity contribution in [2.75, 3.05) is 11.9 Å². The largest absolute Gasteiger partial charge is 0.369 e. The fourth-order valence-corrected chi connectivity index (χ4v) is 1.87. The molecule has 2 heterocycles. The summed E-state index contributed by atoms with van der Waals surface area (Å²) in [5.41, 5.74) is 1.22. The Morgan fingerprint density at radius 1 is 1.18 bits per heavy atom. The first kappa shape index (κ1) is 12.1. The van der Waals surface area contributed by atoms with E-state index >= 15 is 0 Å². The first-order chi connectivity index (χ1) is 8.25. The smallest absolute Gasteiger partial charge is 0.144 e. The summed E-state index contributed by atoms with van der Waals surface area (Å²) >= 11 is 11.8. The van der Waals surface area contributed by atoms with Gasteiger partial charge in [-0.05, 0) is 30.2 Å². The van der Waals surface area contributed by atoms with E-state index in [0.29, 0.717) is 15.9 Å². The van der Waals surface area contributed by atoms with Crippen molar-refractivity contribution in [2.45, 2.75) is 6.42 Å². The fourth-order valence-electron chi connectivity index (χ4n) is 1.42. The van der Waals surface area contributed by atoms with E-state index < -0.39 is 0 Å². The van der Waals surface area contributed by atoms with Gasteiger partial charge in [-0.1, -0.05) is 23.2 Å². The topological polar surface area (TPSA) is 37.8 Å². The second-order valence-electron chi connectivity index (χ2n) is 3.52. The maximum atomic E-state index is 5.99. The standard InChI is InChI=1S/C12H11Cl2N3/c13-10-7-11(14)12(17-8-10)16-6-3-9-1-4-15-5-2-9/h1-2,4-5,7-8H,3,6H2,(H,16,17). The first-order valence-corrected chi connectivity index (χ1v) is 5.95. The molecule has 0 aliphatic heterocycles. The van der Waals surface area contributed by atoms with Crippen LogP contribution in [0.4, 0.5) is 5.82 Å². The van der Waals surface area contributed by atoms with Gasteiger partial charge < -0.3 is 5.32 Å². The van der Waals surface area contributed by atoms with E-state index in [2.05, 4.69) is 15.3 Å². The Labute approximate surface area is 110 Å². The number of rotatable bonds is 4. The van der Waals surface area contributed by atoms with Crippen LogP contribution in [0.15, 0.2) is 36.8 Å². The van der Waals surface area contributed by atoms with Crippen molar-refractivity contribution < 1.29 is 0 Å². The molecule has 0 saturated carbocycles. The molecule has 88 valence electrons. The summed E-state index contributed by atoms with van der Waals surface area (Å²) in [7, 11) is 0. The van der Waals surface area contributed by atoms with E-state index in [1.54, 1.807) is 24.7 Å². The predicted molar refractivity (Wildman–Crippen MR) is 70.7 cm³/mol. The molecule has 0 bridgehead atoms. The second kappa shape index (κ2) is 5.84. The Morgan fingerprint density at radius 3 is 2.65 bits per heavy atom. The van der Waals surface area contributed by atoms with Crippen molar-refractivity contribution in [1.29, 1.82) is 0 Å². The quantitative estimate of drug-likeness (QED) is 0.923. The minimum Gasteiger partial charge on any atom is -0.369 e. The Kier molecular flexibility index (Phi) is 4.18. The van der Waals surface area contributed by atoms with Gasteiger partial charge in [0, 0.05) is 25.1 Å². The van der Waals surface area contributed by atoms with Crippen molar-refractivity contribution in [3.05, 3.63) is 52.4 Å². The molecule has 2 rings (SSSR count). The van der Waals surface area contributed by atoms with Crippen LogP contribution in [-0.4, -0.2) is 16.5 Å². The third kappa shape index (κ3) is 3.58. The number of aromatic nitrogens is 2. The molecule has 0 amide bonds. The number of anilines is 1. The Hall–Kier alpha value is -1.32. The zero-order valence-corrected chi connectivity index (χ0v) is 10.5. The molecule has 0 spiro atoms. The molecule has 0 aliphatic carbocycles. The molecule has 1 N–H and O–H groups in total.